The van der Waals surface area contributed by atoms with Gasteiger partial charge in [0.15, 0.2) is 17.3 Å². The molecule has 0 saturated heterocycles. The van der Waals surface area contributed by atoms with E-state index in [1.807, 2.05) is 25.1 Å². The third-order valence-corrected chi connectivity index (χ3v) is 7.18. The van der Waals surface area contributed by atoms with Gasteiger partial charge in [-0.2, -0.15) is 15.1 Å². The summed E-state index contributed by atoms with van der Waals surface area (Å²) in [5, 5.41) is 15.7. The van der Waals surface area contributed by atoms with Crippen molar-refractivity contribution in [3.05, 3.63) is 59.2 Å². The number of nitrogens with one attached hydrogen (secondary N) is 1. The van der Waals surface area contributed by atoms with E-state index in [-0.39, 0.29) is 11.4 Å². The minimum Gasteiger partial charge on any atom is -0.490 e. The number of benzene rings is 2. The molecule has 0 bridgehead atoms. The molecule has 8 nitrogen and oxygen atoms in total. The van der Waals surface area contributed by atoms with Crippen LogP contribution in [-0.2, 0) is 4.79 Å². The number of carbonyl (C=O) groups is 1. The van der Waals surface area contributed by atoms with Crippen molar-refractivity contribution < 1.29 is 19.0 Å². The van der Waals surface area contributed by atoms with Gasteiger partial charge in [0.2, 0.25) is 5.17 Å². The van der Waals surface area contributed by atoms with Gasteiger partial charge < -0.3 is 14.2 Å². The Kier molecular flexibility index (Phi) is 9.23. The predicted octanol–water partition coefficient (Wildman–Crippen LogP) is 6.48. The molecule has 2 aromatic carbocycles. The highest BCUT2D eigenvalue weighted by Crippen LogP contribution is 2.32. The third kappa shape index (κ3) is 6.45. The summed E-state index contributed by atoms with van der Waals surface area (Å²) >= 11 is 1.35. The van der Waals surface area contributed by atoms with E-state index in [9.17, 15) is 4.79 Å². The zero-order valence-corrected chi connectivity index (χ0v) is 23.1. The average molecular weight is 535 g/mol. The Balaban J connectivity index is 1.41. The molecule has 38 heavy (non-hydrogen) atoms. The first kappa shape index (κ1) is 27.4. The summed E-state index contributed by atoms with van der Waals surface area (Å²) in [6, 6.07) is 13.6. The fourth-order valence-electron chi connectivity index (χ4n) is 3.95. The Morgan fingerprint density at radius 2 is 1.79 bits per heavy atom. The predicted molar refractivity (Wildman–Crippen MR) is 154 cm³/mol. The van der Waals surface area contributed by atoms with Gasteiger partial charge in [-0.05, 0) is 85.3 Å². The van der Waals surface area contributed by atoms with E-state index in [1.165, 1.54) is 22.3 Å². The Hall–Kier alpha value is -3.59. The molecule has 0 aliphatic carbocycles. The van der Waals surface area contributed by atoms with E-state index in [4.69, 9.17) is 19.6 Å². The number of aliphatic imine (C=N–C) groups is 1. The van der Waals surface area contributed by atoms with E-state index < -0.39 is 5.91 Å². The number of ether oxygens (including phenoxy) is 3. The van der Waals surface area contributed by atoms with E-state index in [2.05, 4.69) is 43.0 Å². The largest absolute Gasteiger partial charge is 0.490 e. The van der Waals surface area contributed by atoms with Crippen LogP contribution in [0.1, 0.15) is 64.0 Å². The van der Waals surface area contributed by atoms with Crippen LogP contribution in [0, 0.1) is 5.41 Å². The minimum absolute atomic E-state index is 0.0197. The molecule has 2 aliphatic heterocycles. The molecule has 0 unspecified atom stereocenters. The first-order valence-electron chi connectivity index (χ1n) is 13.0. The highest BCUT2D eigenvalue weighted by Gasteiger charge is 2.35. The molecule has 0 saturated carbocycles. The second-order valence-corrected chi connectivity index (χ2v) is 10.0. The summed E-state index contributed by atoms with van der Waals surface area (Å²) in [6.07, 6.45) is 4.46. The van der Waals surface area contributed by atoms with Crippen molar-refractivity contribution in [3.8, 4) is 17.2 Å². The van der Waals surface area contributed by atoms with Crippen LogP contribution in [0.25, 0.3) is 6.08 Å². The van der Waals surface area contributed by atoms with Crippen LogP contribution < -0.4 is 14.2 Å². The number of rotatable bonds is 12. The van der Waals surface area contributed by atoms with Gasteiger partial charge in [0.25, 0.3) is 5.91 Å². The number of amides is 1. The molecule has 2 heterocycles. The van der Waals surface area contributed by atoms with E-state index in [1.54, 1.807) is 18.2 Å². The molecule has 0 aromatic heterocycles. The Labute approximate surface area is 228 Å². The first-order chi connectivity index (χ1) is 18.4. The second kappa shape index (κ2) is 12.8. The Morgan fingerprint density at radius 1 is 1.03 bits per heavy atom. The maximum absolute atomic E-state index is 12.7. The molecular weight excluding hydrogens is 500 g/mol. The van der Waals surface area contributed by atoms with Crippen LogP contribution in [0.5, 0.6) is 17.2 Å². The summed E-state index contributed by atoms with van der Waals surface area (Å²) in [7, 11) is 0. The molecule has 1 atom stereocenters. The minimum atomic E-state index is -0.450. The van der Waals surface area contributed by atoms with Crippen molar-refractivity contribution >= 4 is 39.8 Å². The fraction of sp³-hybridized carbons (Fsp3) is 0.379. The van der Waals surface area contributed by atoms with Crippen molar-refractivity contribution in [2.24, 2.45) is 10.1 Å². The molecule has 1 amide bonds. The number of hydrogen-bond acceptors (Lipinski definition) is 7. The van der Waals surface area contributed by atoms with Crippen molar-refractivity contribution in [1.29, 1.82) is 5.41 Å². The van der Waals surface area contributed by atoms with Crippen LogP contribution in [0.4, 0.5) is 0 Å². The number of carbonyl (C=O) groups excluding carboxylic acids is 1. The van der Waals surface area contributed by atoms with Gasteiger partial charge in [-0.1, -0.05) is 39.0 Å². The van der Waals surface area contributed by atoms with E-state index >= 15 is 0 Å². The highest BCUT2D eigenvalue weighted by molar-refractivity contribution is 8.26. The van der Waals surface area contributed by atoms with Gasteiger partial charge >= 0.3 is 0 Å². The van der Waals surface area contributed by atoms with E-state index in [0.29, 0.717) is 48.0 Å². The van der Waals surface area contributed by atoms with Crippen molar-refractivity contribution in [2.45, 2.75) is 52.9 Å². The molecule has 0 radical (unpaired) electrons. The zero-order valence-electron chi connectivity index (χ0n) is 22.3. The van der Waals surface area contributed by atoms with Crippen LogP contribution in [0.2, 0.25) is 0 Å². The number of nitrogens with zero attached hydrogens (tertiary/aromatic N) is 3. The summed E-state index contributed by atoms with van der Waals surface area (Å²) in [4.78, 5) is 16.8. The lowest BCUT2D eigenvalue weighted by Gasteiger charge is -2.20. The van der Waals surface area contributed by atoms with Gasteiger partial charge in [-0.3, -0.25) is 10.2 Å². The molecule has 1 N–H and O–H groups in total. The lowest BCUT2D eigenvalue weighted by atomic mass is 9.99. The molecule has 2 aromatic rings. The van der Waals surface area contributed by atoms with Crippen molar-refractivity contribution in [3.63, 3.8) is 0 Å². The SMILES string of the molecule is CCCC1=NN2C(=N)/C(=C/c3ccc(OCCOc4ccc([C@@H](C)CC)cc4)c(OCC)c3)C(=O)N=C2S1. The molecular formula is C29H34N4O4S. The van der Waals surface area contributed by atoms with Gasteiger partial charge in [-0.25, -0.2) is 0 Å². The van der Waals surface area contributed by atoms with Crippen LogP contribution in [0.15, 0.2) is 58.1 Å². The lowest BCUT2D eigenvalue weighted by Crippen LogP contribution is -2.35. The molecule has 4 rings (SSSR count). The summed E-state index contributed by atoms with van der Waals surface area (Å²) in [6.45, 7) is 9.55. The molecule has 9 heteroatoms. The number of hydrazone groups is 1. The topological polar surface area (TPSA) is 96.6 Å². The number of fused-ring (bicyclic) bond motifs is 1. The maximum Gasteiger partial charge on any atom is 0.283 e. The molecule has 2 aliphatic rings. The van der Waals surface area contributed by atoms with Crippen LogP contribution in [-0.4, -0.2) is 46.8 Å². The van der Waals surface area contributed by atoms with Gasteiger partial charge in [0.05, 0.1) is 12.2 Å². The summed E-state index contributed by atoms with van der Waals surface area (Å²) < 4.78 is 17.6. The zero-order chi connectivity index (χ0) is 27.1. The van der Waals surface area contributed by atoms with Crippen LogP contribution >= 0.6 is 11.8 Å². The number of amidine groups is 2. The Morgan fingerprint density at radius 3 is 2.50 bits per heavy atom. The highest BCUT2D eigenvalue weighted by atomic mass is 32.2. The Bertz CT molecular complexity index is 1270. The maximum atomic E-state index is 12.7. The average Bonchev–Trinajstić information content (AvgIpc) is 3.32. The first-order valence-corrected chi connectivity index (χ1v) is 13.9. The quantitative estimate of drug-likeness (QED) is 0.247. The fourth-order valence-corrected chi connectivity index (χ4v) is 4.94. The van der Waals surface area contributed by atoms with Gasteiger partial charge in [0, 0.05) is 0 Å². The number of thioether (sulfide) groups is 1. The summed E-state index contributed by atoms with van der Waals surface area (Å²) in [5.74, 6) is 2.04. The standard InChI is InChI=1S/C29H34N4O4S/c1-5-8-26-32-33-27(30)23(28(34)31-29(33)38-26)17-20-9-14-24(25(18-20)35-7-3)37-16-15-36-22-12-10-21(11-13-22)19(4)6-2/h9-14,17-19,30H,5-8,15-16H2,1-4H3/b23-17-,30-27?/t19-/m0/s1. The summed E-state index contributed by atoms with van der Waals surface area (Å²) in [5.41, 5.74) is 2.19. The third-order valence-electron chi connectivity index (χ3n) is 6.21. The van der Waals surface area contributed by atoms with Crippen molar-refractivity contribution in [2.75, 3.05) is 19.8 Å². The van der Waals surface area contributed by atoms with Crippen molar-refractivity contribution in [1.82, 2.24) is 5.01 Å². The van der Waals surface area contributed by atoms with Gasteiger partial charge in [-0.15, -0.1) is 0 Å². The smallest absolute Gasteiger partial charge is 0.283 e. The lowest BCUT2D eigenvalue weighted by molar-refractivity contribution is -0.114. The normalized spacial score (nSPS) is 16.7. The molecule has 200 valence electrons. The monoisotopic (exact) mass is 534 g/mol. The van der Waals surface area contributed by atoms with E-state index in [0.717, 1.165) is 30.1 Å². The molecule has 0 fully saturated rings. The van der Waals surface area contributed by atoms with Gasteiger partial charge in [0.1, 0.15) is 24.0 Å². The van der Waals surface area contributed by atoms with Crippen LogP contribution in [0.3, 0.4) is 0 Å². The molecule has 0 spiro atoms. The second-order valence-electron chi connectivity index (χ2n) is 8.98. The number of hydrogen-bond donors (Lipinski definition) is 1.